The van der Waals surface area contributed by atoms with E-state index in [-0.39, 0.29) is 18.8 Å². The van der Waals surface area contributed by atoms with Crippen molar-refractivity contribution in [2.45, 2.75) is 38.5 Å². The van der Waals surface area contributed by atoms with E-state index >= 15 is 0 Å². The zero-order chi connectivity index (χ0) is 18.9. The predicted molar refractivity (Wildman–Crippen MR) is 93.8 cm³/mol. The van der Waals surface area contributed by atoms with Gasteiger partial charge in [-0.1, -0.05) is 30.3 Å². The lowest BCUT2D eigenvalue weighted by Crippen LogP contribution is -2.53. The molecule has 0 spiro atoms. The van der Waals surface area contributed by atoms with Gasteiger partial charge in [-0.25, -0.2) is 4.79 Å². The standard InChI is InChI=1S/C18H24N4O4/c1-12-9-21(10-13(2)26-12)11-15(23)20-22-16(24)18(3,19-17(22)25)14-7-5-4-6-8-14/h4-8,12-13H,9-11H2,1-3H3,(H,19,25)(H,20,23)/t12-,13-,18+/m0/s1. The Morgan fingerprint density at radius 3 is 2.46 bits per heavy atom. The fraction of sp³-hybridized carbons (Fsp3) is 0.500. The van der Waals surface area contributed by atoms with Gasteiger partial charge in [-0.3, -0.25) is 19.9 Å². The highest BCUT2D eigenvalue weighted by Gasteiger charge is 2.50. The van der Waals surface area contributed by atoms with E-state index in [1.54, 1.807) is 31.2 Å². The van der Waals surface area contributed by atoms with Crippen LogP contribution in [-0.2, 0) is 19.9 Å². The molecule has 2 N–H and O–H groups in total. The first-order chi connectivity index (χ1) is 12.3. The molecule has 0 unspecified atom stereocenters. The van der Waals surface area contributed by atoms with Crippen LogP contribution in [0.2, 0.25) is 0 Å². The van der Waals surface area contributed by atoms with Gasteiger partial charge in [-0.15, -0.1) is 0 Å². The highest BCUT2D eigenvalue weighted by atomic mass is 16.5. The van der Waals surface area contributed by atoms with E-state index in [2.05, 4.69) is 10.7 Å². The van der Waals surface area contributed by atoms with Crippen molar-refractivity contribution in [3.8, 4) is 0 Å². The molecule has 3 atom stereocenters. The fourth-order valence-electron chi connectivity index (χ4n) is 3.48. The number of nitrogens with zero attached hydrogens (tertiary/aromatic N) is 2. The fourth-order valence-corrected chi connectivity index (χ4v) is 3.48. The number of morpholine rings is 1. The van der Waals surface area contributed by atoms with Crippen LogP contribution in [0, 0.1) is 0 Å². The summed E-state index contributed by atoms with van der Waals surface area (Å²) in [5.41, 5.74) is 1.89. The van der Waals surface area contributed by atoms with Crippen molar-refractivity contribution in [3.05, 3.63) is 35.9 Å². The van der Waals surface area contributed by atoms with Crippen LogP contribution in [0.4, 0.5) is 4.79 Å². The minimum Gasteiger partial charge on any atom is -0.373 e. The lowest BCUT2D eigenvalue weighted by atomic mass is 9.92. The zero-order valence-electron chi connectivity index (χ0n) is 15.2. The highest BCUT2D eigenvalue weighted by molar-refractivity contribution is 6.08. The number of carbonyl (C=O) groups excluding carboxylic acids is 3. The Morgan fingerprint density at radius 1 is 1.23 bits per heavy atom. The molecule has 26 heavy (non-hydrogen) atoms. The number of nitrogens with one attached hydrogen (secondary N) is 2. The van der Waals surface area contributed by atoms with Crippen LogP contribution in [0.3, 0.4) is 0 Å². The molecule has 2 saturated heterocycles. The molecule has 2 aliphatic heterocycles. The molecule has 0 bridgehead atoms. The van der Waals surface area contributed by atoms with E-state index in [0.29, 0.717) is 18.7 Å². The second-order valence-electron chi connectivity index (χ2n) is 7.05. The number of hydrogen-bond acceptors (Lipinski definition) is 5. The minimum atomic E-state index is -1.20. The molecule has 0 radical (unpaired) electrons. The molecular formula is C18H24N4O4. The summed E-state index contributed by atoms with van der Waals surface area (Å²) in [6.45, 7) is 6.86. The average molecular weight is 360 g/mol. The zero-order valence-corrected chi connectivity index (χ0v) is 15.2. The number of amides is 4. The molecule has 0 aromatic heterocycles. The SMILES string of the molecule is C[C@H]1CN(CC(=O)NN2C(=O)N[C@](C)(c3ccccc3)C2=O)C[C@H](C)O1. The first kappa shape index (κ1) is 18.3. The molecule has 2 aliphatic rings. The number of benzene rings is 1. The van der Waals surface area contributed by atoms with Gasteiger partial charge in [-0.2, -0.15) is 5.01 Å². The van der Waals surface area contributed by atoms with Crippen molar-refractivity contribution in [3.63, 3.8) is 0 Å². The summed E-state index contributed by atoms with van der Waals surface area (Å²) in [4.78, 5) is 39.3. The Balaban J connectivity index is 1.65. The predicted octanol–water partition coefficient (Wildman–Crippen LogP) is 0.594. The molecule has 8 nitrogen and oxygen atoms in total. The van der Waals surface area contributed by atoms with Gasteiger partial charge in [-0.05, 0) is 26.3 Å². The summed E-state index contributed by atoms with van der Waals surface area (Å²) in [7, 11) is 0. The van der Waals surface area contributed by atoms with E-state index in [0.717, 1.165) is 5.01 Å². The van der Waals surface area contributed by atoms with Crippen LogP contribution in [0.25, 0.3) is 0 Å². The maximum absolute atomic E-state index is 12.8. The lowest BCUT2D eigenvalue weighted by molar-refractivity contribution is -0.140. The van der Waals surface area contributed by atoms with E-state index in [4.69, 9.17) is 4.74 Å². The largest absolute Gasteiger partial charge is 0.373 e. The number of urea groups is 1. The molecule has 0 aliphatic carbocycles. The number of rotatable bonds is 4. The Morgan fingerprint density at radius 2 is 1.85 bits per heavy atom. The van der Waals surface area contributed by atoms with Crippen LogP contribution in [0.15, 0.2) is 30.3 Å². The molecule has 2 heterocycles. The number of hydrogen-bond donors (Lipinski definition) is 2. The van der Waals surface area contributed by atoms with Gasteiger partial charge in [0.05, 0.1) is 18.8 Å². The third-order valence-corrected chi connectivity index (χ3v) is 4.64. The van der Waals surface area contributed by atoms with Crippen molar-refractivity contribution in [1.29, 1.82) is 0 Å². The van der Waals surface area contributed by atoms with Gasteiger partial charge >= 0.3 is 6.03 Å². The molecule has 2 fully saturated rings. The summed E-state index contributed by atoms with van der Waals surface area (Å²) in [6, 6.07) is 8.31. The third-order valence-electron chi connectivity index (χ3n) is 4.64. The van der Waals surface area contributed by atoms with Gasteiger partial charge in [0.15, 0.2) is 0 Å². The summed E-state index contributed by atoms with van der Waals surface area (Å²) < 4.78 is 5.64. The van der Waals surface area contributed by atoms with Crippen LogP contribution in [-0.4, -0.2) is 59.6 Å². The first-order valence-electron chi connectivity index (χ1n) is 8.69. The van der Waals surface area contributed by atoms with Gasteiger partial charge in [0, 0.05) is 13.1 Å². The smallest absolute Gasteiger partial charge is 0.344 e. The summed E-state index contributed by atoms with van der Waals surface area (Å²) in [5.74, 6) is -0.919. The molecule has 1 aromatic carbocycles. The normalized spacial score (nSPS) is 29.6. The van der Waals surface area contributed by atoms with Crippen molar-refractivity contribution in [2.75, 3.05) is 19.6 Å². The van der Waals surface area contributed by atoms with Crippen LogP contribution < -0.4 is 10.7 Å². The van der Waals surface area contributed by atoms with Crippen LogP contribution >= 0.6 is 0 Å². The maximum Gasteiger partial charge on any atom is 0.344 e. The third kappa shape index (κ3) is 3.56. The van der Waals surface area contributed by atoms with E-state index in [1.165, 1.54) is 0 Å². The molecule has 3 rings (SSSR count). The molecule has 1 aromatic rings. The summed E-state index contributed by atoms with van der Waals surface area (Å²) >= 11 is 0. The Bertz CT molecular complexity index is 700. The Kier molecular flexibility index (Phi) is 4.97. The summed E-state index contributed by atoms with van der Waals surface area (Å²) in [5, 5.41) is 3.43. The topological polar surface area (TPSA) is 91.0 Å². The molecule has 4 amide bonds. The van der Waals surface area contributed by atoms with Gasteiger partial charge in [0.1, 0.15) is 5.54 Å². The molecule has 140 valence electrons. The maximum atomic E-state index is 12.8. The van der Waals surface area contributed by atoms with Gasteiger partial charge in [0.2, 0.25) is 0 Å². The monoisotopic (exact) mass is 360 g/mol. The number of carbonyl (C=O) groups is 3. The van der Waals surface area contributed by atoms with Crippen molar-refractivity contribution in [1.82, 2.24) is 20.7 Å². The minimum absolute atomic E-state index is 0.0321. The van der Waals surface area contributed by atoms with Crippen LogP contribution in [0.1, 0.15) is 26.3 Å². The second kappa shape index (κ2) is 7.05. The van der Waals surface area contributed by atoms with Gasteiger partial charge in [0.25, 0.3) is 11.8 Å². The number of ether oxygens (including phenoxy) is 1. The molecule has 0 saturated carbocycles. The van der Waals surface area contributed by atoms with E-state index < -0.39 is 23.4 Å². The highest BCUT2D eigenvalue weighted by Crippen LogP contribution is 2.27. The van der Waals surface area contributed by atoms with E-state index in [9.17, 15) is 14.4 Å². The number of imide groups is 1. The Labute approximate surface area is 152 Å². The number of hydrazine groups is 1. The van der Waals surface area contributed by atoms with E-state index in [1.807, 2.05) is 24.8 Å². The second-order valence-corrected chi connectivity index (χ2v) is 7.05. The average Bonchev–Trinajstić information content (AvgIpc) is 2.79. The van der Waals surface area contributed by atoms with Crippen LogP contribution in [0.5, 0.6) is 0 Å². The van der Waals surface area contributed by atoms with Crippen molar-refractivity contribution < 1.29 is 19.1 Å². The Hall–Kier alpha value is -2.45. The lowest BCUT2D eigenvalue weighted by Gasteiger charge is -2.34. The summed E-state index contributed by atoms with van der Waals surface area (Å²) in [6.07, 6.45) is 0.0641. The first-order valence-corrected chi connectivity index (χ1v) is 8.69. The van der Waals surface area contributed by atoms with Crippen molar-refractivity contribution in [2.24, 2.45) is 0 Å². The van der Waals surface area contributed by atoms with Crippen molar-refractivity contribution >= 4 is 17.8 Å². The molecule has 8 heteroatoms. The van der Waals surface area contributed by atoms with Gasteiger partial charge < -0.3 is 10.1 Å². The molecular weight excluding hydrogens is 336 g/mol. The quantitative estimate of drug-likeness (QED) is 0.767.